The highest BCUT2D eigenvalue weighted by Gasteiger charge is 2.17. The molecule has 1 amide bonds. The Morgan fingerprint density at radius 1 is 1.55 bits per heavy atom. The summed E-state index contributed by atoms with van der Waals surface area (Å²) < 4.78 is 0. The summed E-state index contributed by atoms with van der Waals surface area (Å²) in [5.41, 5.74) is 0.485. The van der Waals surface area contributed by atoms with Crippen LogP contribution in [0.3, 0.4) is 0 Å². The Morgan fingerprint density at radius 3 is 3.10 bits per heavy atom. The lowest BCUT2D eigenvalue weighted by molar-refractivity contribution is 0.0953. The number of carbonyl (C=O) groups excluding carboxylic acids is 1. The number of nitrogens with one attached hydrogen (secondary N) is 2. The maximum Gasteiger partial charge on any atom is 0.253 e. The summed E-state index contributed by atoms with van der Waals surface area (Å²) in [5, 5.41) is 6.98. The van der Waals surface area contributed by atoms with Gasteiger partial charge in [0.25, 0.3) is 5.91 Å². The Bertz CT molecular complexity index is 464. The first-order chi connectivity index (χ1) is 9.70. The van der Waals surface area contributed by atoms with Crippen molar-refractivity contribution in [2.45, 2.75) is 31.4 Å². The lowest BCUT2D eigenvalue weighted by atomic mass is 10.2. The first-order valence-electron chi connectivity index (χ1n) is 7.00. The second kappa shape index (κ2) is 7.74. The third kappa shape index (κ3) is 4.28. The van der Waals surface area contributed by atoms with E-state index < -0.39 is 0 Å². The molecule has 0 saturated carbocycles. The lowest BCUT2D eigenvalue weighted by Gasteiger charge is -2.21. The summed E-state index contributed by atoms with van der Waals surface area (Å²) in [6, 6.07) is 1.70. The highest BCUT2D eigenvalue weighted by atomic mass is 35.5. The van der Waals surface area contributed by atoms with Crippen LogP contribution in [0.25, 0.3) is 0 Å². The second-order valence-corrected chi connectivity index (χ2v) is 6.59. The molecule has 1 aromatic rings. The van der Waals surface area contributed by atoms with E-state index >= 15 is 0 Å². The quantitative estimate of drug-likeness (QED) is 0.876. The van der Waals surface area contributed by atoms with Crippen molar-refractivity contribution in [1.29, 1.82) is 0 Å². The van der Waals surface area contributed by atoms with E-state index in [2.05, 4.69) is 15.6 Å². The molecule has 2 N–H and O–H groups in total. The van der Waals surface area contributed by atoms with E-state index in [9.17, 15) is 4.79 Å². The molecule has 1 fully saturated rings. The number of amides is 1. The Balaban J connectivity index is 1.95. The molecule has 0 spiro atoms. The Kier molecular flexibility index (Phi) is 5.98. The van der Waals surface area contributed by atoms with E-state index in [0.29, 0.717) is 28.2 Å². The van der Waals surface area contributed by atoms with Gasteiger partial charge in [0.15, 0.2) is 0 Å². The molecule has 110 valence electrons. The molecule has 1 unspecified atom stereocenters. The van der Waals surface area contributed by atoms with Crippen molar-refractivity contribution in [1.82, 2.24) is 10.3 Å². The van der Waals surface area contributed by atoms with Gasteiger partial charge in [0, 0.05) is 24.5 Å². The smallest absolute Gasteiger partial charge is 0.253 e. The summed E-state index contributed by atoms with van der Waals surface area (Å²) >= 11 is 8.00. The molecule has 1 aromatic heterocycles. The summed E-state index contributed by atoms with van der Waals surface area (Å²) in [4.78, 5) is 16.3. The van der Waals surface area contributed by atoms with Crippen LogP contribution in [-0.4, -0.2) is 35.0 Å². The summed E-state index contributed by atoms with van der Waals surface area (Å²) in [5.74, 6) is 1.75. The van der Waals surface area contributed by atoms with Gasteiger partial charge in [-0.15, -0.1) is 0 Å². The minimum Gasteiger partial charge on any atom is -0.370 e. The van der Waals surface area contributed by atoms with Crippen LogP contribution in [0.4, 0.5) is 5.82 Å². The molecule has 0 bridgehead atoms. The lowest BCUT2D eigenvalue weighted by Crippen LogP contribution is -2.32. The first-order valence-corrected chi connectivity index (χ1v) is 8.42. The number of rotatable bonds is 5. The van der Waals surface area contributed by atoms with Crippen molar-refractivity contribution in [3.8, 4) is 0 Å². The van der Waals surface area contributed by atoms with Crippen LogP contribution in [0.15, 0.2) is 12.3 Å². The SMILES string of the molecule is CCNc1cc(C(=O)NCC2CCCCS2)c(Cl)cn1. The van der Waals surface area contributed by atoms with Crippen molar-refractivity contribution in [3.05, 3.63) is 22.8 Å². The monoisotopic (exact) mass is 313 g/mol. The number of hydrogen-bond donors (Lipinski definition) is 2. The normalized spacial score (nSPS) is 18.6. The predicted molar refractivity (Wildman–Crippen MR) is 85.8 cm³/mol. The fourth-order valence-electron chi connectivity index (χ4n) is 2.16. The zero-order chi connectivity index (χ0) is 14.4. The van der Waals surface area contributed by atoms with E-state index in [1.54, 1.807) is 6.07 Å². The summed E-state index contributed by atoms with van der Waals surface area (Å²) in [6.45, 7) is 3.45. The number of halogens is 1. The minimum absolute atomic E-state index is 0.122. The third-order valence-electron chi connectivity index (χ3n) is 3.22. The fourth-order valence-corrected chi connectivity index (χ4v) is 3.59. The number of pyridine rings is 1. The van der Waals surface area contributed by atoms with Gasteiger partial charge >= 0.3 is 0 Å². The molecule has 2 rings (SSSR count). The topological polar surface area (TPSA) is 54.0 Å². The van der Waals surface area contributed by atoms with Crippen LogP contribution < -0.4 is 10.6 Å². The average molecular weight is 314 g/mol. The van der Waals surface area contributed by atoms with Gasteiger partial charge in [-0.3, -0.25) is 4.79 Å². The van der Waals surface area contributed by atoms with Crippen LogP contribution in [0.1, 0.15) is 36.5 Å². The first kappa shape index (κ1) is 15.4. The molecule has 1 saturated heterocycles. The van der Waals surface area contributed by atoms with Gasteiger partial charge in [0.05, 0.1) is 10.6 Å². The molecule has 20 heavy (non-hydrogen) atoms. The Hall–Kier alpha value is -0.940. The molecular weight excluding hydrogens is 294 g/mol. The molecule has 6 heteroatoms. The second-order valence-electron chi connectivity index (χ2n) is 4.78. The number of anilines is 1. The van der Waals surface area contributed by atoms with E-state index in [4.69, 9.17) is 11.6 Å². The van der Waals surface area contributed by atoms with Crippen LogP contribution in [0.5, 0.6) is 0 Å². The maximum absolute atomic E-state index is 12.2. The standard InChI is InChI=1S/C14H20ClN3OS/c1-2-16-13-7-11(12(15)9-17-13)14(19)18-8-10-5-3-4-6-20-10/h7,9-10H,2-6,8H2,1H3,(H,16,17)(H,18,19). The number of thioether (sulfide) groups is 1. The highest BCUT2D eigenvalue weighted by Crippen LogP contribution is 2.24. The predicted octanol–water partition coefficient (Wildman–Crippen LogP) is 3.18. The van der Waals surface area contributed by atoms with Gasteiger partial charge in [-0.2, -0.15) is 11.8 Å². The summed E-state index contributed by atoms with van der Waals surface area (Å²) in [7, 11) is 0. The van der Waals surface area contributed by atoms with E-state index in [1.807, 2.05) is 18.7 Å². The van der Waals surface area contributed by atoms with Gasteiger partial charge in [-0.05, 0) is 31.6 Å². The van der Waals surface area contributed by atoms with Crippen LogP contribution in [-0.2, 0) is 0 Å². The Morgan fingerprint density at radius 2 is 2.40 bits per heavy atom. The molecule has 2 heterocycles. The van der Waals surface area contributed by atoms with Gasteiger partial charge in [-0.1, -0.05) is 18.0 Å². The van der Waals surface area contributed by atoms with Crippen LogP contribution in [0, 0.1) is 0 Å². The third-order valence-corrected chi connectivity index (χ3v) is 4.92. The highest BCUT2D eigenvalue weighted by molar-refractivity contribution is 7.99. The Labute approximate surface area is 129 Å². The molecular formula is C14H20ClN3OS. The minimum atomic E-state index is -0.122. The number of nitrogens with zero attached hydrogens (tertiary/aromatic N) is 1. The molecule has 1 aliphatic heterocycles. The number of aromatic nitrogens is 1. The molecule has 0 radical (unpaired) electrons. The van der Waals surface area contributed by atoms with Crippen molar-refractivity contribution < 1.29 is 4.79 Å². The fraction of sp³-hybridized carbons (Fsp3) is 0.571. The van der Waals surface area contributed by atoms with Crippen molar-refractivity contribution in [2.24, 2.45) is 0 Å². The molecule has 0 aliphatic carbocycles. The van der Waals surface area contributed by atoms with Crippen LogP contribution >= 0.6 is 23.4 Å². The zero-order valence-corrected chi connectivity index (χ0v) is 13.2. The molecule has 4 nitrogen and oxygen atoms in total. The van der Waals surface area contributed by atoms with Gasteiger partial charge < -0.3 is 10.6 Å². The summed E-state index contributed by atoms with van der Waals surface area (Å²) in [6.07, 6.45) is 5.24. The van der Waals surface area contributed by atoms with E-state index in [0.717, 1.165) is 6.54 Å². The maximum atomic E-state index is 12.2. The molecule has 1 atom stereocenters. The van der Waals surface area contributed by atoms with E-state index in [-0.39, 0.29) is 5.91 Å². The van der Waals surface area contributed by atoms with Crippen molar-refractivity contribution in [3.63, 3.8) is 0 Å². The van der Waals surface area contributed by atoms with E-state index in [1.165, 1.54) is 31.2 Å². The van der Waals surface area contributed by atoms with Crippen LogP contribution in [0.2, 0.25) is 5.02 Å². The number of hydrogen-bond acceptors (Lipinski definition) is 4. The van der Waals surface area contributed by atoms with Gasteiger partial charge in [-0.25, -0.2) is 4.98 Å². The molecule has 0 aromatic carbocycles. The van der Waals surface area contributed by atoms with Crippen molar-refractivity contribution in [2.75, 3.05) is 24.2 Å². The van der Waals surface area contributed by atoms with Crippen molar-refractivity contribution >= 4 is 35.1 Å². The van der Waals surface area contributed by atoms with Gasteiger partial charge in [0.1, 0.15) is 5.82 Å². The van der Waals surface area contributed by atoms with Gasteiger partial charge in [0.2, 0.25) is 0 Å². The largest absolute Gasteiger partial charge is 0.370 e. The number of carbonyl (C=O) groups is 1. The zero-order valence-electron chi connectivity index (χ0n) is 11.6. The molecule has 1 aliphatic rings. The average Bonchev–Trinajstić information content (AvgIpc) is 2.48.